The minimum atomic E-state index is -0.870. The van der Waals surface area contributed by atoms with Crippen molar-refractivity contribution in [2.24, 2.45) is 0 Å². The fourth-order valence-corrected chi connectivity index (χ4v) is 3.22. The molecule has 1 unspecified atom stereocenters. The van der Waals surface area contributed by atoms with E-state index in [4.69, 9.17) is 15.3 Å². The lowest BCUT2D eigenvalue weighted by Crippen LogP contribution is -2.10. The van der Waals surface area contributed by atoms with Crippen molar-refractivity contribution in [3.8, 4) is 0 Å². The summed E-state index contributed by atoms with van der Waals surface area (Å²) in [6.07, 6.45) is 20.3. The standard InChI is InChI=1S/C18H38O2.C6H10O4/c1-2-3-4-5-6-7-8-9-10-11-12-13-14-15-16-18(20)17-19;7-5(8)3-1-2-4-6(9)10/h18-20H,2-17H2,1H3;1-4H2,(H,7,8)(H,9,10). The summed E-state index contributed by atoms with van der Waals surface area (Å²) in [5, 5.41) is 34.2. The molecule has 6 heteroatoms. The maximum Gasteiger partial charge on any atom is 0.303 e. The van der Waals surface area contributed by atoms with Gasteiger partial charge in [-0.3, -0.25) is 9.59 Å². The number of carbonyl (C=O) groups is 2. The molecule has 0 rings (SSSR count). The van der Waals surface area contributed by atoms with Gasteiger partial charge in [-0.2, -0.15) is 0 Å². The lowest BCUT2D eigenvalue weighted by atomic mass is 10.0. The molecule has 6 nitrogen and oxygen atoms in total. The van der Waals surface area contributed by atoms with Crippen LogP contribution in [0.5, 0.6) is 0 Å². The van der Waals surface area contributed by atoms with Gasteiger partial charge < -0.3 is 20.4 Å². The van der Waals surface area contributed by atoms with Crippen LogP contribution in [0.3, 0.4) is 0 Å². The SMILES string of the molecule is CCCCCCCCCCCCCCCCC(O)CO.O=C(O)CCCCC(=O)O. The van der Waals surface area contributed by atoms with Crippen molar-refractivity contribution < 1.29 is 30.0 Å². The first-order chi connectivity index (χ1) is 14.4. The van der Waals surface area contributed by atoms with E-state index in [2.05, 4.69) is 6.92 Å². The summed E-state index contributed by atoms with van der Waals surface area (Å²) in [6.45, 7) is 2.19. The Hall–Kier alpha value is -1.14. The van der Waals surface area contributed by atoms with E-state index in [0.717, 1.165) is 12.8 Å². The fraction of sp³-hybridized carbons (Fsp3) is 0.917. The van der Waals surface area contributed by atoms with E-state index >= 15 is 0 Å². The van der Waals surface area contributed by atoms with Crippen molar-refractivity contribution in [3.63, 3.8) is 0 Å². The molecule has 0 aliphatic heterocycles. The first kappa shape index (κ1) is 31.0. The number of rotatable bonds is 21. The van der Waals surface area contributed by atoms with Crippen LogP contribution in [0.2, 0.25) is 0 Å². The third-order valence-corrected chi connectivity index (χ3v) is 5.13. The van der Waals surface area contributed by atoms with Gasteiger partial charge in [0.15, 0.2) is 0 Å². The Kier molecular flexibility index (Phi) is 26.8. The molecular weight excluding hydrogens is 384 g/mol. The highest BCUT2D eigenvalue weighted by Gasteiger charge is 2.01. The quantitative estimate of drug-likeness (QED) is 0.167. The Morgan fingerprint density at radius 3 is 1.23 bits per heavy atom. The number of aliphatic carboxylic acids is 2. The monoisotopic (exact) mass is 432 g/mol. The average molecular weight is 433 g/mol. The number of carboxylic acids is 2. The van der Waals surface area contributed by atoms with Gasteiger partial charge in [-0.1, -0.05) is 96.8 Å². The van der Waals surface area contributed by atoms with Gasteiger partial charge in [0.05, 0.1) is 12.7 Å². The molecule has 0 aliphatic carbocycles. The number of aliphatic hydroxyl groups is 2. The molecule has 0 aliphatic rings. The molecule has 1 atom stereocenters. The highest BCUT2D eigenvalue weighted by molar-refractivity contribution is 5.67. The summed E-state index contributed by atoms with van der Waals surface area (Å²) in [4.78, 5) is 19.8. The molecule has 0 aromatic rings. The predicted molar refractivity (Wildman–Crippen MR) is 122 cm³/mol. The Morgan fingerprint density at radius 2 is 0.933 bits per heavy atom. The van der Waals surface area contributed by atoms with Gasteiger partial charge in [0, 0.05) is 12.8 Å². The van der Waals surface area contributed by atoms with E-state index < -0.39 is 18.0 Å². The van der Waals surface area contributed by atoms with Crippen LogP contribution in [0.25, 0.3) is 0 Å². The molecule has 0 spiro atoms. The second-order valence-corrected chi connectivity index (χ2v) is 8.22. The minimum Gasteiger partial charge on any atom is -0.481 e. The molecule has 0 bridgehead atoms. The van der Waals surface area contributed by atoms with Gasteiger partial charge in [-0.25, -0.2) is 0 Å². The molecule has 0 saturated heterocycles. The molecule has 0 radical (unpaired) electrons. The summed E-state index contributed by atoms with van der Waals surface area (Å²) in [5.74, 6) is -1.74. The van der Waals surface area contributed by atoms with Crippen LogP contribution in [-0.4, -0.2) is 45.1 Å². The van der Waals surface area contributed by atoms with Gasteiger partial charge in [-0.05, 0) is 19.3 Å². The van der Waals surface area contributed by atoms with Crippen molar-refractivity contribution in [1.29, 1.82) is 0 Å². The molecule has 30 heavy (non-hydrogen) atoms. The summed E-state index contributed by atoms with van der Waals surface area (Å²) in [5.41, 5.74) is 0. The number of carboxylic acid groups (broad SMARTS) is 2. The minimum absolute atomic E-state index is 0.0628. The fourth-order valence-electron chi connectivity index (χ4n) is 3.22. The van der Waals surface area contributed by atoms with Crippen LogP contribution in [0.1, 0.15) is 129 Å². The number of unbranched alkanes of at least 4 members (excludes halogenated alkanes) is 14. The number of aliphatic hydroxyl groups excluding tert-OH is 2. The van der Waals surface area contributed by atoms with Crippen LogP contribution in [0, 0.1) is 0 Å². The van der Waals surface area contributed by atoms with E-state index in [9.17, 15) is 14.7 Å². The smallest absolute Gasteiger partial charge is 0.303 e. The van der Waals surface area contributed by atoms with E-state index in [0.29, 0.717) is 12.8 Å². The van der Waals surface area contributed by atoms with Crippen LogP contribution in [0.4, 0.5) is 0 Å². The van der Waals surface area contributed by atoms with Crippen LogP contribution in [0.15, 0.2) is 0 Å². The zero-order valence-corrected chi connectivity index (χ0v) is 19.3. The van der Waals surface area contributed by atoms with Gasteiger partial charge in [0.25, 0.3) is 0 Å². The van der Waals surface area contributed by atoms with Crippen molar-refractivity contribution in [1.82, 2.24) is 0 Å². The molecule has 4 N–H and O–H groups in total. The Balaban J connectivity index is 0. The van der Waals surface area contributed by atoms with Gasteiger partial charge in [0.1, 0.15) is 0 Å². The highest BCUT2D eigenvalue weighted by Crippen LogP contribution is 2.13. The Labute approximate surface area is 184 Å². The van der Waals surface area contributed by atoms with Crippen molar-refractivity contribution in [3.05, 3.63) is 0 Å². The van der Waals surface area contributed by atoms with Crippen molar-refractivity contribution >= 4 is 11.9 Å². The molecule has 0 aromatic carbocycles. The topological polar surface area (TPSA) is 115 Å². The first-order valence-electron chi connectivity index (χ1n) is 12.2. The zero-order valence-electron chi connectivity index (χ0n) is 19.3. The lowest BCUT2D eigenvalue weighted by molar-refractivity contribution is -0.139. The van der Waals surface area contributed by atoms with E-state index in [-0.39, 0.29) is 19.4 Å². The molecule has 180 valence electrons. The average Bonchev–Trinajstić information content (AvgIpc) is 2.71. The van der Waals surface area contributed by atoms with Crippen LogP contribution < -0.4 is 0 Å². The number of hydrogen-bond donors (Lipinski definition) is 4. The van der Waals surface area contributed by atoms with Gasteiger partial charge in [-0.15, -0.1) is 0 Å². The van der Waals surface area contributed by atoms with Crippen LogP contribution in [-0.2, 0) is 9.59 Å². The molecule has 0 heterocycles. The van der Waals surface area contributed by atoms with E-state index in [1.807, 2.05) is 0 Å². The summed E-state index contributed by atoms with van der Waals surface area (Å²) >= 11 is 0. The Morgan fingerprint density at radius 1 is 0.600 bits per heavy atom. The molecule has 0 aromatic heterocycles. The first-order valence-corrected chi connectivity index (χ1v) is 12.2. The number of hydrogen-bond acceptors (Lipinski definition) is 4. The largest absolute Gasteiger partial charge is 0.481 e. The maximum atomic E-state index is 9.90. The normalized spacial score (nSPS) is 11.6. The summed E-state index contributed by atoms with van der Waals surface area (Å²) in [6, 6.07) is 0. The molecule has 0 saturated carbocycles. The lowest BCUT2D eigenvalue weighted by Gasteiger charge is -2.06. The van der Waals surface area contributed by atoms with E-state index in [1.165, 1.54) is 83.5 Å². The summed E-state index contributed by atoms with van der Waals surface area (Å²) in [7, 11) is 0. The second kappa shape index (κ2) is 25.9. The zero-order chi connectivity index (χ0) is 22.9. The summed E-state index contributed by atoms with van der Waals surface area (Å²) < 4.78 is 0. The second-order valence-electron chi connectivity index (χ2n) is 8.22. The van der Waals surface area contributed by atoms with Gasteiger partial charge >= 0.3 is 11.9 Å². The molecule has 0 fully saturated rings. The molecule has 0 amide bonds. The van der Waals surface area contributed by atoms with Gasteiger partial charge in [0.2, 0.25) is 0 Å². The highest BCUT2D eigenvalue weighted by atomic mass is 16.4. The van der Waals surface area contributed by atoms with Crippen molar-refractivity contribution in [2.45, 2.75) is 135 Å². The van der Waals surface area contributed by atoms with Crippen molar-refractivity contribution in [2.75, 3.05) is 6.61 Å². The maximum absolute atomic E-state index is 9.90. The van der Waals surface area contributed by atoms with Crippen LogP contribution >= 0.6 is 0 Å². The Bertz CT molecular complexity index is 357. The predicted octanol–water partition coefficient (Wildman–Crippen LogP) is 5.93. The molecular formula is C24H48O6. The van der Waals surface area contributed by atoms with E-state index in [1.54, 1.807) is 0 Å². The third kappa shape index (κ3) is 31.6. The third-order valence-electron chi connectivity index (χ3n) is 5.13.